The van der Waals surface area contributed by atoms with Crippen LogP contribution < -0.4 is 10.2 Å². The van der Waals surface area contributed by atoms with Crippen LogP contribution >= 0.6 is 11.3 Å². The summed E-state index contributed by atoms with van der Waals surface area (Å²) in [6.45, 7) is 3.21. The number of hydrogen-bond donors (Lipinski definition) is 1. The smallest absolute Gasteiger partial charge is 0.292 e. The molecule has 144 valence electrons. The Hall–Kier alpha value is -3.00. The molecule has 0 atom stereocenters. The van der Waals surface area contributed by atoms with E-state index in [1.165, 1.54) is 6.07 Å². The summed E-state index contributed by atoms with van der Waals surface area (Å²) in [6.07, 6.45) is 1.33. The molecule has 1 N–H and O–H groups in total. The number of nitrogens with zero attached hydrogens (tertiary/aromatic N) is 3. The maximum atomic E-state index is 12.7. The topological polar surface area (TPSA) is 88.4 Å². The van der Waals surface area contributed by atoms with Crippen molar-refractivity contribution in [2.75, 3.05) is 23.3 Å². The average molecular weight is 396 g/mol. The van der Waals surface area contributed by atoms with Crippen molar-refractivity contribution in [2.45, 2.75) is 19.8 Å². The maximum absolute atomic E-state index is 12.7. The summed E-state index contributed by atoms with van der Waals surface area (Å²) in [5.74, 6) is -0.0966. The summed E-state index contributed by atoms with van der Waals surface area (Å²) in [7, 11) is 0. The molecule has 1 saturated heterocycles. The molecular formula is C20H20N4O3S. The molecule has 3 aromatic rings. The Morgan fingerprint density at radius 2 is 2.00 bits per heavy atom. The summed E-state index contributed by atoms with van der Waals surface area (Å²) in [4.78, 5) is 30.0. The van der Waals surface area contributed by atoms with Gasteiger partial charge in [-0.15, -0.1) is 11.3 Å². The second kappa shape index (κ2) is 7.55. The minimum absolute atomic E-state index is 0.00259. The van der Waals surface area contributed by atoms with E-state index in [9.17, 15) is 14.9 Å². The molecule has 7 nitrogen and oxygen atoms in total. The zero-order valence-corrected chi connectivity index (χ0v) is 16.2. The van der Waals surface area contributed by atoms with Gasteiger partial charge in [-0.1, -0.05) is 12.1 Å². The van der Waals surface area contributed by atoms with E-state index >= 15 is 0 Å². The van der Waals surface area contributed by atoms with Gasteiger partial charge in [-0.3, -0.25) is 14.9 Å². The zero-order chi connectivity index (χ0) is 19.7. The molecule has 2 aromatic carbocycles. The van der Waals surface area contributed by atoms with Gasteiger partial charge in [0, 0.05) is 30.8 Å². The van der Waals surface area contributed by atoms with Gasteiger partial charge >= 0.3 is 0 Å². The lowest BCUT2D eigenvalue weighted by molar-refractivity contribution is -0.384. The summed E-state index contributed by atoms with van der Waals surface area (Å²) in [5.41, 5.74) is 2.46. The number of fused-ring (bicyclic) bond motifs is 1. The van der Waals surface area contributed by atoms with Gasteiger partial charge in [0.1, 0.15) is 5.69 Å². The Labute approximate surface area is 166 Å². The maximum Gasteiger partial charge on any atom is 0.292 e. The number of benzene rings is 2. The van der Waals surface area contributed by atoms with Crippen molar-refractivity contribution >= 4 is 44.5 Å². The third kappa shape index (κ3) is 3.68. The highest BCUT2D eigenvalue weighted by atomic mass is 32.1. The van der Waals surface area contributed by atoms with Gasteiger partial charge in [-0.2, -0.15) is 0 Å². The molecule has 1 aliphatic rings. The fraction of sp³-hybridized carbons (Fsp3) is 0.300. The molecule has 1 fully saturated rings. The van der Waals surface area contributed by atoms with E-state index in [1.807, 2.05) is 30.0 Å². The third-order valence-corrected chi connectivity index (χ3v) is 5.98. The Kier molecular flexibility index (Phi) is 4.95. The van der Waals surface area contributed by atoms with E-state index in [0.717, 1.165) is 20.9 Å². The average Bonchev–Trinajstić information content (AvgIpc) is 3.07. The molecule has 1 aromatic heterocycles. The molecule has 0 saturated carbocycles. The van der Waals surface area contributed by atoms with Crippen LogP contribution in [0.3, 0.4) is 0 Å². The first-order chi connectivity index (χ1) is 13.5. The molecular weight excluding hydrogens is 376 g/mol. The quantitative estimate of drug-likeness (QED) is 0.523. The molecule has 2 heterocycles. The number of nitro benzene ring substituents is 1. The van der Waals surface area contributed by atoms with Gasteiger partial charge < -0.3 is 10.2 Å². The van der Waals surface area contributed by atoms with Crippen molar-refractivity contribution < 1.29 is 9.72 Å². The van der Waals surface area contributed by atoms with E-state index in [4.69, 9.17) is 0 Å². The Morgan fingerprint density at radius 1 is 1.25 bits per heavy atom. The predicted molar refractivity (Wildman–Crippen MR) is 111 cm³/mol. The van der Waals surface area contributed by atoms with Crippen molar-refractivity contribution in [1.29, 1.82) is 0 Å². The van der Waals surface area contributed by atoms with Crippen LogP contribution in [0.4, 0.5) is 17.1 Å². The van der Waals surface area contributed by atoms with E-state index < -0.39 is 0 Å². The summed E-state index contributed by atoms with van der Waals surface area (Å²) in [5, 5.41) is 15.3. The molecule has 0 spiro atoms. The van der Waals surface area contributed by atoms with Crippen LogP contribution in [0.25, 0.3) is 10.2 Å². The number of amides is 1. The molecule has 0 unspecified atom stereocenters. The van der Waals surface area contributed by atoms with Crippen molar-refractivity contribution in [3.05, 3.63) is 57.6 Å². The van der Waals surface area contributed by atoms with Crippen LogP contribution in [0, 0.1) is 23.0 Å². The number of carbonyl (C=O) groups excluding carboxylic acids is 1. The van der Waals surface area contributed by atoms with Crippen molar-refractivity contribution in [3.8, 4) is 0 Å². The van der Waals surface area contributed by atoms with Gasteiger partial charge in [-0.05, 0) is 44.0 Å². The monoisotopic (exact) mass is 396 g/mol. The number of thiazole rings is 1. The highest BCUT2D eigenvalue weighted by molar-refractivity contribution is 7.18. The Morgan fingerprint density at radius 3 is 2.75 bits per heavy atom. The lowest BCUT2D eigenvalue weighted by atomic mass is 9.95. The van der Waals surface area contributed by atoms with Gasteiger partial charge in [0.05, 0.1) is 20.1 Å². The highest BCUT2D eigenvalue weighted by Crippen LogP contribution is 2.32. The molecule has 0 bridgehead atoms. The number of aryl methyl sites for hydroxylation is 1. The van der Waals surface area contributed by atoms with Crippen molar-refractivity contribution in [2.24, 2.45) is 5.92 Å². The Bertz CT molecular complexity index is 1040. The number of carbonyl (C=O) groups is 1. The summed E-state index contributed by atoms with van der Waals surface area (Å²) in [6, 6.07) is 12.5. The number of nitrogens with one attached hydrogen (secondary N) is 1. The predicted octanol–water partition coefficient (Wildman–Crippen LogP) is 4.37. The van der Waals surface area contributed by atoms with Gasteiger partial charge in [0.25, 0.3) is 5.69 Å². The Balaban J connectivity index is 1.40. The fourth-order valence-electron chi connectivity index (χ4n) is 3.63. The number of nitro groups is 1. The molecule has 1 amide bonds. The largest absolute Gasteiger partial charge is 0.366 e. The SMILES string of the molecule is Cc1nc2ccc(NC(=O)C3CCN(c4ccccc4[N+](=O)[O-])CC3)cc2s1. The van der Waals surface area contributed by atoms with Gasteiger partial charge in [0.15, 0.2) is 0 Å². The van der Waals surface area contributed by atoms with Gasteiger partial charge in [-0.25, -0.2) is 4.98 Å². The summed E-state index contributed by atoms with van der Waals surface area (Å²) >= 11 is 1.61. The minimum atomic E-state index is -0.356. The second-order valence-electron chi connectivity index (χ2n) is 6.91. The third-order valence-electron chi connectivity index (χ3n) is 5.05. The number of aromatic nitrogens is 1. The second-order valence-corrected chi connectivity index (χ2v) is 8.15. The van der Waals surface area contributed by atoms with E-state index in [-0.39, 0.29) is 22.4 Å². The highest BCUT2D eigenvalue weighted by Gasteiger charge is 2.28. The fourth-order valence-corrected chi connectivity index (χ4v) is 4.50. The van der Waals surface area contributed by atoms with Crippen LogP contribution in [0.15, 0.2) is 42.5 Å². The molecule has 0 radical (unpaired) electrons. The first-order valence-electron chi connectivity index (χ1n) is 9.17. The minimum Gasteiger partial charge on any atom is -0.366 e. The van der Waals surface area contributed by atoms with Crippen molar-refractivity contribution in [3.63, 3.8) is 0 Å². The van der Waals surface area contributed by atoms with Gasteiger partial charge in [0.2, 0.25) is 5.91 Å². The molecule has 1 aliphatic heterocycles. The van der Waals surface area contributed by atoms with Crippen LogP contribution in [0.2, 0.25) is 0 Å². The van der Waals surface area contributed by atoms with E-state index in [0.29, 0.717) is 31.6 Å². The normalized spacial score (nSPS) is 15.0. The van der Waals surface area contributed by atoms with Crippen LogP contribution in [-0.2, 0) is 4.79 Å². The van der Waals surface area contributed by atoms with Crippen LogP contribution in [-0.4, -0.2) is 28.9 Å². The standard InChI is InChI=1S/C20H20N4O3S/c1-13-21-16-7-6-15(12-19(16)28-13)22-20(25)14-8-10-23(11-9-14)17-4-2-3-5-18(17)24(26)27/h2-7,12,14H,8-11H2,1H3,(H,22,25). The number of rotatable bonds is 4. The zero-order valence-electron chi connectivity index (χ0n) is 15.4. The van der Waals surface area contributed by atoms with Crippen LogP contribution in [0.5, 0.6) is 0 Å². The van der Waals surface area contributed by atoms with E-state index in [2.05, 4.69) is 10.3 Å². The summed E-state index contributed by atoms with van der Waals surface area (Å²) < 4.78 is 1.06. The number of anilines is 2. The first-order valence-corrected chi connectivity index (χ1v) is 9.99. The molecule has 28 heavy (non-hydrogen) atoms. The van der Waals surface area contributed by atoms with Crippen LogP contribution in [0.1, 0.15) is 17.8 Å². The number of piperidine rings is 1. The molecule has 8 heteroatoms. The van der Waals surface area contributed by atoms with Crippen molar-refractivity contribution in [1.82, 2.24) is 4.98 Å². The lowest BCUT2D eigenvalue weighted by Gasteiger charge is -2.32. The lowest BCUT2D eigenvalue weighted by Crippen LogP contribution is -2.38. The molecule has 4 rings (SSSR count). The van der Waals surface area contributed by atoms with E-state index in [1.54, 1.807) is 29.5 Å². The number of hydrogen-bond acceptors (Lipinski definition) is 6. The first kappa shape index (κ1) is 18.4. The molecule has 0 aliphatic carbocycles. The number of para-hydroxylation sites is 2.